The van der Waals surface area contributed by atoms with Crippen LogP contribution in [0.4, 0.5) is 0 Å². The highest BCUT2D eigenvalue weighted by Crippen LogP contribution is 2.30. The summed E-state index contributed by atoms with van der Waals surface area (Å²) in [6, 6.07) is 13.7. The lowest BCUT2D eigenvalue weighted by atomic mass is 10.0. The molecule has 14 nitrogen and oxygen atoms in total. The van der Waals surface area contributed by atoms with Crippen LogP contribution in [-0.4, -0.2) is 97.5 Å². The molecule has 1 aliphatic carbocycles. The van der Waals surface area contributed by atoms with Crippen molar-refractivity contribution in [1.82, 2.24) is 31.2 Å². The molecule has 1 fully saturated rings. The van der Waals surface area contributed by atoms with Crippen molar-refractivity contribution in [1.29, 1.82) is 0 Å². The van der Waals surface area contributed by atoms with Gasteiger partial charge in [0.15, 0.2) is 0 Å². The van der Waals surface area contributed by atoms with Gasteiger partial charge < -0.3 is 40.4 Å². The average Bonchev–Trinajstić information content (AvgIpc) is 4.00. The number of pyridine rings is 1. The molecule has 1 saturated carbocycles. The number of ether oxygens (including phenoxy) is 3. The monoisotopic (exact) mass is 756 g/mol. The predicted octanol–water partition coefficient (Wildman–Crippen LogP) is 2.83. The summed E-state index contributed by atoms with van der Waals surface area (Å²) in [6.45, 7) is 6.11. The van der Waals surface area contributed by atoms with Gasteiger partial charge in [-0.2, -0.15) is 0 Å². The zero-order valence-corrected chi connectivity index (χ0v) is 32.1. The van der Waals surface area contributed by atoms with Crippen molar-refractivity contribution in [2.24, 2.45) is 11.8 Å². The SMILES string of the molecule is COc1ccc(C[C@@H]2NC(=O)[C@@H](NC(=O)c3cccnc3OC)Cc3ccc(cc3)OC[C@H](CC(C)C)NC(=O)CN(CC3CC3)C(=O)[C@@H](C)NC2=O)cc1. The van der Waals surface area contributed by atoms with E-state index in [4.69, 9.17) is 14.2 Å². The first kappa shape index (κ1) is 40.5. The third-order valence-corrected chi connectivity index (χ3v) is 9.55. The molecule has 3 heterocycles. The van der Waals surface area contributed by atoms with E-state index in [1.807, 2.05) is 0 Å². The number of carbonyl (C=O) groups is 5. The molecule has 0 saturated heterocycles. The number of hydrogen-bond acceptors (Lipinski definition) is 9. The zero-order valence-electron chi connectivity index (χ0n) is 32.1. The summed E-state index contributed by atoms with van der Waals surface area (Å²) in [5.74, 6) is -0.735. The Bertz CT molecular complexity index is 1800. The smallest absolute Gasteiger partial charge is 0.257 e. The lowest BCUT2D eigenvalue weighted by Gasteiger charge is -2.29. The largest absolute Gasteiger partial charge is 0.497 e. The lowest BCUT2D eigenvalue weighted by Crippen LogP contribution is -2.58. The molecule has 2 aromatic carbocycles. The van der Waals surface area contributed by atoms with Crippen LogP contribution < -0.4 is 35.5 Å². The molecule has 2 bridgehead atoms. The Morgan fingerprint density at radius 3 is 2.33 bits per heavy atom. The minimum absolute atomic E-state index is 0.0638. The molecular weight excluding hydrogens is 704 g/mol. The Kier molecular flexibility index (Phi) is 14.1. The zero-order chi connectivity index (χ0) is 39.5. The topological polar surface area (TPSA) is 177 Å². The van der Waals surface area contributed by atoms with E-state index in [1.54, 1.807) is 68.6 Å². The van der Waals surface area contributed by atoms with Crippen molar-refractivity contribution in [2.75, 3.05) is 33.9 Å². The second kappa shape index (κ2) is 19.1. The van der Waals surface area contributed by atoms with Crippen LogP contribution in [0.3, 0.4) is 0 Å². The van der Waals surface area contributed by atoms with Gasteiger partial charge in [0.25, 0.3) is 5.91 Å². The highest BCUT2D eigenvalue weighted by Gasteiger charge is 2.34. The van der Waals surface area contributed by atoms with Gasteiger partial charge in [0.1, 0.15) is 41.8 Å². The van der Waals surface area contributed by atoms with Crippen LogP contribution in [0.15, 0.2) is 66.9 Å². The molecule has 4 atom stereocenters. The summed E-state index contributed by atoms with van der Waals surface area (Å²) in [4.78, 5) is 74.9. The van der Waals surface area contributed by atoms with Gasteiger partial charge in [0.05, 0.1) is 26.8 Å². The van der Waals surface area contributed by atoms with Crippen LogP contribution in [0.1, 0.15) is 61.5 Å². The molecule has 5 amide bonds. The molecule has 2 aliphatic heterocycles. The number of fused-ring (bicyclic) bond motifs is 17. The van der Waals surface area contributed by atoms with Crippen molar-refractivity contribution >= 4 is 29.5 Å². The van der Waals surface area contributed by atoms with E-state index < -0.39 is 41.8 Å². The maximum absolute atomic E-state index is 14.2. The molecule has 4 N–H and O–H groups in total. The lowest BCUT2D eigenvalue weighted by molar-refractivity contribution is -0.140. The van der Waals surface area contributed by atoms with Crippen molar-refractivity contribution in [3.05, 3.63) is 83.6 Å². The molecule has 14 heteroatoms. The van der Waals surface area contributed by atoms with Crippen molar-refractivity contribution < 1.29 is 38.2 Å². The van der Waals surface area contributed by atoms with E-state index in [2.05, 4.69) is 40.1 Å². The Hall–Kier alpha value is -5.66. The van der Waals surface area contributed by atoms with Crippen LogP contribution >= 0.6 is 0 Å². The van der Waals surface area contributed by atoms with Gasteiger partial charge in [-0.25, -0.2) is 4.98 Å². The summed E-state index contributed by atoms with van der Waals surface area (Å²) in [5.41, 5.74) is 1.55. The minimum Gasteiger partial charge on any atom is -0.497 e. The van der Waals surface area contributed by atoms with E-state index in [0.717, 1.165) is 12.8 Å². The third kappa shape index (κ3) is 11.9. The fraction of sp³-hybridized carbons (Fsp3) is 0.463. The van der Waals surface area contributed by atoms with E-state index in [9.17, 15) is 24.0 Å². The molecule has 3 aliphatic rings. The molecule has 294 valence electrons. The minimum atomic E-state index is -1.15. The van der Waals surface area contributed by atoms with E-state index in [-0.39, 0.29) is 61.2 Å². The van der Waals surface area contributed by atoms with E-state index >= 15 is 0 Å². The fourth-order valence-electron chi connectivity index (χ4n) is 6.48. The molecule has 0 unspecified atom stereocenters. The highest BCUT2D eigenvalue weighted by molar-refractivity contribution is 6.00. The highest BCUT2D eigenvalue weighted by atomic mass is 16.5. The first-order valence-electron chi connectivity index (χ1n) is 18.8. The van der Waals surface area contributed by atoms with Gasteiger partial charge in [-0.15, -0.1) is 0 Å². The number of carbonyl (C=O) groups excluding carboxylic acids is 5. The first-order valence-corrected chi connectivity index (χ1v) is 18.8. The van der Waals surface area contributed by atoms with Crippen molar-refractivity contribution in [3.8, 4) is 17.4 Å². The maximum Gasteiger partial charge on any atom is 0.257 e. The fourth-order valence-corrected chi connectivity index (χ4v) is 6.48. The summed E-state index contributed by atoms with van der Waals surface area (Å²) < 4.78 is 16.7. The van der Waals surface area contributed by atoms with Crippen LogP contribution in [-0.2, 0) is 32.0 Å². The number of rotatable bonds is 10. The maximum atomic E-state index is 14.2. The summed E-state index contributed by atoms with van der Waals surface area (Å²) in [5, 5.41) is 11.5. The normalized spacial score (nSPS) is 21.5. The molecule has 0 spiro atoms. The van der Waals surface area contributed by atoms with Gasteiger partial charge >= 0.3 is 0 Å². The second-order valence-corrected chi connectivity index (χ2v) is 14.6. The molecule has 1 aromatic heterocycles. The number of methoxy groups -OCH3 is 2. The second-order valence-electron chi connectivity index (χ2n) is 14.6. The van der Waals surface area contributed by atoms with Gasteiger partial charge in [-0.05, 0) is 85.5 Å². The number of benzene rings is 2. The quantitative estimate of drug-likeness (QED) is 0.227. The molecular formula is C41H52N6O8. The Morgan fingerprint density at radius 2 is 1.67 bits per heavy atom. The standard InChI is InChI=1S/C41H52N6O8/c1-25(2)19-30-24-55-32-16-12-28(13-17-32)21-35(45-37(49)33-7-6-18-42-40(33)54-5)39(51)46-34(20-27-10-14-31(53-4)15-11-27)38(50)43-26(3)41(52)47(22-29-8-9-29)23-36(48)44-30/h6-7,10-18,25-26,29-30,34-35H,8-9,19-24H2,1-5H3,(H,43,50)(H,44,48)(H,45,49)(H,46,51)/t26-,30+,34+,35+/m1/s1. The number of aromatic nitrogens is 1. The van der Waals surface area contributed by atoms with Gasteiger partial charge in [-0.1, -0.05) is 38.1 Å². The van der Waals surface area contributed by atoms with Gasteiger partial charge in [-0.3, -0.25) is 24.0 Å². The Labute approximate surface area is 322 Å². The van der Waals surface area contributed by atoms with Crippen molar-refractivity contribution in [2.45, 2.75) is 77.0 Å². The van der Waals surface area contributed by atoms with Gasteiger partial charge in [0, 0.05) is 25.6 Å². The molecule has 0 radical (unpaired) electrons. The average molecular weight is 757 g/mol. The number of amides is 5. The van der Waals surface area contributed by atoms with Crippen molar-refractivity contribution in [3.63, 3.8) is 0 Å². The number of nitrogens with zero attached hydrogens (tertiary/aromatic N) is 2. The molecule has 6 rings (SSSR count). The summed E-state index contributed by atoms with van der Waals surface area (Å²) in [6.07, 6.45) is 4.18. The summed E-state index contributed by atoms with van der Waals surface area (Å²) >= 11 is 0. The van der Waals surface area contributed by atoms with Crippen LogP contribution in [0.25, 0.3) is 0 Å². The van der Waals surface area contributed by atoms with Crippen LogP contribution in [0, 0.1) is 11.8 Å². The first-order chi connectivity index (χ1) is 26.4. The Morgan fingerprint density at radius 1 is 0.945 bits per heavy atom. The summed E-state index contributed by atoms with van der Waals surface area (Å²) in [7, 11) is 2.94. The number of hydrogen-bond donors (Lipinski definition) is 4. The molecule has 55 heavy (non-hydrogen) atoms. The van der Waals surface area contributed by atoms with E-state index in [0.29, 0.717) is 35.6 Å². The predicted molar refractivity (Wildman–Crippen MR) is 205 cm³/mol. The molecule has 3 aromatic rings. The third-order valence-electron chi connectivity index (χ3n) is 9.55. The van der Waals surface area contributed by atoms with Crippen LogP contribution in [0.5, 0.6) is 17.4 Å². The Balaban J connectivity index is 1.49. The van der Waals surface area contributed by atoms with E-state index in [1.165, 1.54) is 24.3 Å². The van der Waals surface area contributed by atoms with Crippen LogP contribution in [0.2, 0.25) is 0 Å². The van der Waals surface area contributed by atoms with Gasteiger partial charge in [0.2, 0.25) is 29.5 Å². The number of nitrogens with one attached hydrogen (secondary N) is 4.